The van der Waals surface area contributed by atoms with E-state index in [1.165, 1.54) is 36.9 Å². The molecular weight excluding hydrogens is 488 g/mol. The SMILES string of the molecule is O=C(O)CCCCc1ccc(C2=CCC(c3ccc(-c4ccc(CCCCC(=O)O)cc4)s3)S2)cc1. The van der Waals surface area contributed by atoms with E-state index in [1.807, 2.05) is 23.1 Å². The average molecular weight is 521 g/mol. The molecule has 2 N–H and O–H groups in total. The van der Waals surface area contributed by atoms with E-state index in [2.05, 4.69) is 66.7 Å². The molecule has 0 radical (unpaired) electrons. The number of thioether (sulfide) groups is 1. The first-order chi connectivity index (χ1) is 17.5. The molecule has 188 valence electrons. The summed E-state index contributed by atoms with van der Waals surface area (Å²) in [6, 6.07) is 21.9. The van der Waals surface area contributed by atoms with Crippen LogP contribution in [0.2, 0.25) is 0 Å². The lowest BCUT2D eigenvalue weighted by Crippen LogP contribution is -1.95. The minimum Gasteiger partial charge on any atom is -0.481 e. The highest BCUT2D eigenvalue weighted by Crippen LogP contribution is 2.50. The van der Waals surface area contributed by atoms with E-state index >= 15 is 0 Å². The van der Waals surface area contributed by atoms with Crippen molar-refractivity contribution in [2.45, 2.75) is 63.0 Å². The molecule has 4 rings (SSSR count). The number of aryl methyl sites for hydroxylation is 2. The Morgan fingerprint density at radius 3 is 1.83 bits per heavy atom. The van der Waals surface area contributed by atoms with Gasteiger partial charge in [0.1, 0.15) is 0 Å². The second-order valence-electron chi connectivity index (χ2n) is 9.21. The Morgan fingerprint density at radius 2 is 1.28 bits per heavy atom. The molecular formula is C30H32O4S2. The van der Waals surface area contributed by atoms with Crippen molar-refractivity contribution in [2.75, 3.05) is 0 Å². The number of allylic oxidation sites excluding steroid dienone is 1. The molecule has 0 fully saturated rings. The van der Waals surface area contributed by atoms with Crippen LogP contribution in [0.5, 0.6) is 0 Å². The lowest BCUT2D eigenvalue weighted by molar-refractivity contribution is -0.138. The average Bonchev–Trinajstić information content (AvgIpc) is 3.55. The van der Waals surface area contributed by atoms with E-state index in [-0.39, 0.29) is 12.8 Å². The van der Waals surface area contributed by atoms with Crippen molar-refractivity contribution in [2.24, 2.45) is 0 Å². The second kappa shape index (κ2) is 12.9. The minimum atomic E-state index is -0.721. The van der Waals surface area contributed by atoms with Crippen molar-refractivity contribution >= 4 is 39.9 Å². The topological polar surface area (TPSA) is 74.6 Å². The first-order valence-electron chi connectivity index (χ1n) is 12.6. The molecule has 1 aliphatic heterocycles. The number of hydrogen-bond acceptors (Lipinski definition) is 4. The summed E-state index contributed by atoms with van der Waals surface area (Å²) in [7, 11) is 0. The van der Waals surface area contributed by atoms with Crippen LogP contribution in [-0.4, -0.2) is 22.2 Å². The van der Waals surface area contributed by atoms with E-state index in [1.54, 1.807) is 0 Å². The van der Waals surface area contributed by atoms with Gasteiger partial charge in [-0.2, -0.15) is 0 Å². The zero-order valence-corrected chi connectivity index (χ0v) is 22.0. The largest absolute Gasteiger partial charge is 0.481 e. The number of benzene rings is 2. The Kier molecular flexibility index (Phi) is 9.42. The second-order valence-corrected chi connectivity index (χ2v) is 11.6. The normalized spacial score (nSPS) is 15.1. The zero-order valence-electron chi connectivity index (χ0n) is 20.3. The maximum atomic E-state index is 10.7. The molecule has 1 aromatic heterocycles. The number of hydrogen-bond donors (Lipinski definition) is 2. The summed E-state index contributed by atoms with van der Waals surface area (Å²) < 4.78 is 0. The first-order valence-corrected chi connectivity index (χ1v) is 14.3. The zero-order chi connectivity index (χ0) is 25.3. The maximum Gasteiger partial charge on any atom is 0.303 e. The summed E-state index contributed by atoms with van der Waals surface area (Å²) in [6.45, 7) is 0. The molecule has 6 heteroatoms. The fourth-order valence-corrected chi connectivity index (χ4v) is 6.84. The quantitative estimate of drug-likeness (QED) is 0.222. The predicted molar refractivity (Wildman–Crippen MR) is 150 cm³/mol. The van der Waals surface area contributed by atoms with Crippen LogP contribution >= 0.6 is 23.1 Å². The van der Waals surface area contributed by atoms with E-state index in [0.29, 0.717) is 5.25 Å². The highest BCUT2D eigenvalue weighted by atomic mass is 32.2. The van der Waals surface area contributed by atoms with Gasteiger partial charge in [-0.25, -0.2) is 0 Å². The van der Waals surface area contributed by atoms with Crippen LogP contribution < -0.4 is 0 Å². The summed E-state index contributed by atoms with van der Waals surface area (Å²) in [5, 5.41) is 18.0. The van der Waals surface area contributed by atoms with Gasteiger partial charge in [0, 0.05) is 32.8 Å². The maximum absolute atomic E-state index is 10.7. The lowest BCUT2D eigenvalue weighted by atomic mass is 10.0. The van der Waals surface area contributed by atoms with Crippen molar-refractivity contribution in [1.82, 2.24) is 0 Å². The summed E-state index contributed by atoms with van der Waals surface area (Å²) in [5.41, 5.74) is 5.01. The number of unbranched alkanes of at least 4 members (excludes halogenated alkanes) is 2. The number of carboxylic acid groups (broad SMARTS) is 2. The third-order valence-electron chi connectivity index (χ3n) is 6.42. The van der Waals surface area contributed by atoms with E-state index in [0.717, 1.165) is 44.9 Å². The summed E-state index contributed by atoms with van der Waals surface area (Å²) in [5.74, 6) is -1.44. The van der Waals surface area contributed by atoms with Gasteiger partial charge in [0.2, 0.25) is 0 Å². The molecule has 1 atom stereocenters. The number of rotatable bonds is 13. The molecule has 0 saturated carbocycles. The molecule has 0 bridgehead atoms. The van der Waals surface area contributed by atoms with Gasteiger partial charge in [-0.15, -0.1) is 23.1 Å². The molecule has 0 amide bonds. The van der Waals surface area contributed by atoms with Crippen LogP contribution in [0.3, 0.4) is 0 Å². The van der Waals surface area contributed by atoms with Crippen molar-refractivity contribution in [3.05, 3.63) is 88.3 Å². The summed E-state index contributed by atoms with van der Waals surface area (Å²) in [6.07, 6.45) is 8.96. The smallest absolute Gasteiger partial charge is 0.303 e. The van der Waals surface area contributed by atoms with Gasteiger partial charge in [0.05, 0.1) is 0 Å². The van der Waals surface area contributed by atoms with Crippen molar-refractivity contribution < 1.29 is 19.8 Å². The Balaban J connectivity index is 1.27. The summed E-state index contributed by atoms with van der Waals surface area (Å²) in [4.78, 5) is 25.3. The molecule has 4 nitrogen and oxygen atoms in total. The molecule has 2 aromatic carbocycles. The first kappa shape index (κ1) is 26.2. The van der Waals surface area contributed by atoms with Crippen LogP contribution in [0.25, 0.3) is 15.3 Å². The molecule has 0 saturated heterocycles. The number of carbonyl (C=O) groups is 2. The Bertz CT molecular complexity index is 1190. The van der Waals surface area contributed by atoms with Gasteiger partial charge >= 0.3 is 11.9 Å². The van der Waals surface area contributed by atoms with Crippen LogP contribution in [0, 0.1) is 0 Å². The van der Waals surface area contributed by atoms with Gasteiger partial charge in [-0.1, -0.05) is 54.6 Å². The third kappa shape index (κ3) is 7.58. The molecule has 0 aliphatic carbocycles. The van der Waals surface area contributed by atoms with Gasteiger partial charge in [-0.3, -0.25) is 9.59 Å². The standard InChI is InChI=1S/C30H32O4S2/c31-29(32)7-3-1-5-21-9-13-23(14-10-21)25-17-19-27(35-25)28-20-18-26(36-28)24-15-11-22(12-16-24)6-2-4-8-30(33)34/h9-19,28H,1-8,20H2,(H,31,32)(H,33,34). The molecule has 36 heavy (non-hydrogen) atoms. The van der Waals surface area contributed by atoms with Crippen molar-refractivity contribution in [1.29, 1.82) is 0 Å². The molecule has 3 aromatic rings. The predicted octanol–water partition coefficient (Wildman–Crippen LogP) is 8.23. The Hall–Kier alpha value is -2.83. The number of thiophene rings is 1. The molecule has 1 unspecified atom stereocenters. The van der Waals surface area contributed by atoms with Crippen LogP contribution in [0.4, 0.5) is 0 Å². The summed E-state index contributed by atoms with van der Waals surface area (Å²) >= 11 is 3.80. The Morgan fingerprint density at radius 1 is 0.722 bits per heavy atom. The van der Waals surface area contributed by atoms with E-state index in [4.69, 9.17) is 10.2 Å². The molecule has 2 heterocycles. The van der Waals surface area contributed by atoms with E-state index < -0.39 is 11.9 Å². The van der Waals surface area contributed by atoms with Crippen LogP contribution in [0.1, 0.15) is 71.8 Å². The number of aliphatic carboxylic acids is 2. The lowest BCUT2D eigenvalue weighted by Gasteiger charge is -2.09. The van der Waals surface area contributed by atoms with Gasteiger partial charge in [0.25, 0.3) is 0 Å². The minimum absolute atomic E-state index is 0.243. The van der Waals surface area contributed by atoms with Gasteiger partial charge < -0.3 is 10.2 Å². The highest BCUT2D eigenvalue weighted by molar-refractivity contribution is 8.08. The molecule has 1 aliphatic rings. The third-order valence-corrected chi connectivity index (χ3v) is 9.20. The van der Waals surface area contributed by atoms with Crippen LogP contribution in [-0.2, 0) is 22.4 Å². The molecule has 0 spiro atoms. The highest BCUT2D eigenvalue weighted by Gasteiger charge is 2.22. The fraction of sp³-hybridized carbons (Fsp3) is 0.333. The van der Waals surface area contributed by atoms with E-state index in [9.17, 15) is 9.59 Å². The fourth-order valence-electron chi connectivity index (χ4n) is 4.39. The van der Waals surface area contributed by atoms with Gasteiger partial charge in [0.15, 0.2) is 0 Å². The van der Waals surface area contributed by atoms with Crippen molar-refractivity contribution in [3.8, 4) is 10.4 Å². The monoisotopic (exact) mass is 520 g/mol. The van der Waals surface area contributed by atoms with Crippen LogP contribution in [0.15, 0.2) is 66.7 Å². The Labute approximate surface area is 221 Å². The van der Waals surface area contributed by atoms with Crippen molar-refractivity contribution in [3.63, 3.8) is 0 Å². The number of carboxylic acids is 2. The van der Waals surface area contributed by atoms with Gasteiger partial charge in [-0.05, 0) is 79.3 Å².